The summed E-state index contributed by atoms with van der Waals surface area (Å²) in [6, 6.07) is 19.0. The Morgan fingerprint density at radius 2 is 1.14 bits per heavy atom. The van der Waals surface area contributed by atoms with E-state index < -0.39 is 47.8 Å². The molecule has 0 aromatic heterocycles. The molecule has 2 atom stereocenters. The van der Waals surface area contributed by atoms with Crippen LogP contribution in [0.5, 0.6) is 11.5 Å². The SMILES string of the molecule is CCC(=O)NCCNC(=O)NC(N)=NCCC[C@@H](NC(=O)[C@H](c1ccc(OCCCNC(=O)CCOCCNC(=O)CN2CCN(CC(=O)O)CCN(CC(=O)O)CCN(CC(=O)O)CC2)cc1)N1Cc2ccccc2C1)C(=O)NCc1ccc(O)cc1. The van der Waals surface area contributed by atoms with Crippen LogP contribution in [0.3, 0.4) is 0 Å². The number of carboxylic acid groups (broad SMARTS) is 3. The van der Waals surface area contributed by atoms with Crippen LogP contribution in [-0.2, 0) is 62.7 Å². The van der Waals surface area contributed by atoms with Crippen molar-refractivity contribution in [3.8, 4) is 11.5 Å². The molecule has 88 heavy (non-hydrogen) atoms. The molecular weight excluding hydrogens is 1140 g/mol. The topological polar surface area (TPSA) is 392 Å². The van der Waals surface area contributed by atoms with Crippen LogP contribution >= 0.6 is 0 Å². The van der Waals surface area contributed by atoms with Crippen molar-refractivity contribution < 1.29 is 73.1 Å². The summed E-state index contributed by atoms with van der Waals surface area (Å²) >= 11 is 0. The van der Waals surface area contributed by atoms with Gasteiger partial charge in [-0.1, -0.05) is 55.5 Å². The van der Waals surface area contributed by atoms with Crippen molar-refractivity contribution in [2.24, 2.45) is 10.7 Å². The van der Waals surface area contributed by atoms with Gasteiger partial charge in [0, 0.05) is 118 Å². The molecule has 2 heterocycles. The summed E-state index contributed by atoms with van der Waals surface area (Å²) in [4.78, 5) is 126. The van der Waals surface area contributed by atoms with Gasteiger partial charge in [0.25, 0.3) is 0 Å². The van der Waals surface area contributed by atoms with Crippen LogP contribution in [0.25, 0.3) is 0 Å². The summed E-state index contributed by atoms with van der Waals surface area (Å²) < 4.78 is 11.6. The molecule has 2 aliphatic heterocycles. The minimum absolute atomic E-state index is 0.0416. The van der Waals surface area contributed by atoms with Crippen LogP contribution in [0.15, 0.2) is 77.8 Å². The van der Waals surface area contributed by atoms with Crippen LogP contribution in [0.4, 0.5) is 4.79 Å². The second-order valence-electron chi connectivity index (χ2n) is 21.1. The maximum Gasteiger partial charge on any atom is 0.321 e. The van der Waals surface area contributed by atoms with Gasteiger partial charge in [0.1, 0.15) is 23.6 Å². The highest BCUT2D eigenvalue weighted by atomic mass is 16.5. The Kier molecular flexibility index (Phi) is 30.9. The Bertz CT molecular complexity index is 2720. The van der Waals surface area contributed by atoms with Gasteiger partial charge in [-0.25, -0.2) is 4.79 Å². The number of aliphatic carboxylic acids is 3. The Labute approximate surface area is 511 Å². The van der Waals surface area contributed by atoms with Gasteiger partial charge in [0.15, 0.2) is 5.96 Å². The van der Waals surface area contributed by atoms with Crippen LogP contribution < -0.4 is 47.7 Å². The molecule has 3 aromatic carbocycles. The number of carbonyl (C=O) groups is 9. The van der Waals surface area contributed by atoms with E-state index in [1.165, 1.54) is 12.1 Å². The lowest BCUT2D eigenvalue weighted by atomic mass is 10.0. The number of phenols is 1. The van der Waals surface area contributed by atoms with E-state index in [0.29, 0.717) is 63.3 Å². The highest BCUT2D eigenvalue weighted by molar-refractivity contribution is 5.95. The summed E-state index contributed by atoms with van der Waals surface area (Å²) in [5.74, 6) is -4.24. The molecule has 29 nitrogen and oxygen atoms in total. The van der Waals surface area contributed by atoms with Crippen molar-refractivity contribution in [2.75, 3.05) is 131 Å². The minimum atomic E-state index is -1.05. The number of aliphatic imine (C=N–C) groups is 1. The summed E-state index contributed by atoms with van der Waals surface area (Å²) in [5.41, 5.74) is 9.49. The van der Waals surface area contributed by atoms with E-state index in [9.17, 15) is 63.6 Å². The number of rotatable bonds is 34. The average molecular weight is 1230 g/mol. The van der Waals surface area contributed by atoms with E-state index in [2.05, 4.69) is 42.2 Å². The Morgan fingerprint density at radius 3 is 1.70 bits per heavy atom. The molecule has 0 radical (unpaired) electrons. The first-order chi connectivity index (χ1) is 42.3. The van der Waals surface area contributed by atoms with E-state index in [1.807, 2.05) is 34.1 Å². The molecule has 0 aliphatic carbocycles. The number of fused-ring (bicyclic) bond motifs is 1. The van der Waals surface area contributed by atoms with Crippen LogP contribution in [-0.4, -0.2) is 241 Å². The van der Waals surface area contributed by atoms with E-state index in [-0.39, 0.29) is 160 Å². The van der Waals surface area contributed by atoms with Gasteiger partial charge in [0.05, 0.1) is 46.0 Å². The van der Waals surface area contributed by atoms with Crippen LogP contribution in [0.1, 0.15) is 67.3 Å². The summed E-state index contributed by atoms with van der Waals surface area (Å²) in [7, 11) is 0. The molecule has 0 unspecified atom stereocenters. The first-order valence-electron chi connectivity index (χ1n) is 29.5. The molecule has 482 valence electrons. The normalized spacial score (nSPS) is 15.4. The van der Waals surface area contributed by atoms with E-state index in [0.717, 1.165) is 16.7 Å². The zero-order valence-electron chi connectivity index (χ0n) is 49.9. The van der Waals surface area contributed by atoms with Gasteiger partial charge in [-0.15, -0.1) is 0 Å². The first-order valence-corrected chi connectivity index (χ1v) is 29.5. The molecule has 0 spiro atoms. The lowest BCUT2D eigenvalue weighted by Gasteiger charge is -2.32. The van der Waals surface area contributed by atoms with Crippen molar-refractivity contribution in [1.82, 2.24) is 61.7 Å². The van der Waals surface area contributed by atoms with Crippen molar-refractivity contribution in [1.29, 1.82) is 0 Å². The molecule has 5 rings (SSSR count). The lowest BCUT2D eigenvalue weighted by molar-refractivity contribution is -0.140. The van der Waals surface area contributed by atoms with E-state index in [4.69, 9.17) is 15.2 Å². The highest BCUT2D eigenvalue weighted by Gasteiger charge is 2.34. The number of carbonyl (C=O) groups excluding carboxylic acids is 6. The maximum absolute atomic E-state index is 14.6. The summed E-state index contributed by atoms with van der Waals surface area (Å²) in [6.45, 7) is 5.66. The number of hydrogen-bond acceptors (Lipinski definition) is 18. The fourth-order valence-electron chi connectivity index (χ4n) is 9.61. The van der Waals surface area contributed by atoms with Gasteiger partial charge in [-0.3, -0.25) is 73.2 Å². The zero-order chi connectivity index (χ0) is 63.6. The number of carboxylic acids is 3. The number of phenolic OH excluding ortho intramolecular Hbond substituents is 1. The average Bonchev–Trinajstić information content (AvgIpc) is 2.30. The number of nitrogens with zero attached hydrogens (tertiary/aromatic N) is 6. The van der Waals surface area contributed by atoms with Crippen molar-refractivity contribution >= 4 is 59.4 Å². The number of benzene rings is 3. The molecule has 13 N–H and O–H groups in total. The maximum atomic E-state index is 14.6. The quantitative estimate of drug-likeness (QED) is 0.0195. The number of hydrogen-bond donors (Lipinski definition) is 12. The molecule has 1 saturated heterocycles. The van der Waals surface area contributed by atoms with Crippen LogP contribution in [0.2, 0.25) is 0 Å². The Morgan fingerprint density at radius 1 is 0.591 bits per heavy atom. The molecule has 1 fully saturated rings. The number of guanidine groups is 1. The van der Waals surface area contributed by atoms with Gasteiger partial charge >= 0.3 is 23.9 Å². The molecule has 0 saturated carbocycles. The molecule has 3 aromatic rings. The van der Waals surface area contributed by atoms with E-state index >= 15 is 0 Å². The Balaban J connectivity index is 1.07. The monoisotopic (exact) mass is 1230 g/mol. The van der Waals surface area contributed by atoms with Gasteiger partial charge in [0.2, 0.25) is 29.5 Å². The standard InChI is InChI=1S/C59H86N14O15/c1-2-49(75)62-21-22-65-59(86)68-58(60)64-19-5-9-48(56(84)66-35-42-10-14-46(74)15-11-42)67-57(85)55(73-36-44-7-3-4-8-45(44)37-73)43-12-16-47(17-13-43)88-32-6-20-61-50(76)18-33-87-34-23-63-51(77)38-69-24-26-70(39-52(78)79)28-30-72(41-54(82)83)31-29-71(27-25-69)40-53(80)81/h3-4,7-8,10-17,48,55,74H,2,5-6,9,18-41H2,1H3,(H,61,76)(H,62,75)(H,63,77)(H,66,84)(H,67,85)(H,78,79)(H,80,81)(H,82,83)(H4,60,64,65,68,86)/t48-,55+/m1/s1. The van der Waals surface area contributed by atoms with Crippen LogP contribution in [0, 0.1) is 0 Å². The second kappa shape index (κ2) is 38.6. The molecule has 29 heteroatoms. The highest BCUT2D eigenvalue weighted by Crippen LogP contribution is 2.33. The number of urea groups is 1. The van der Waals surface area contributed by atoms with Crippen molar-refractivity contribution in [3.05, 3.63) is 95.1 Å². The largest absolute Gasteiger partial charge is 0.508 e. The number of nitrogens with two attached hydrogens (primary N) is 1. The van der Waals surface area contributed by atoms with Gasteiger partial charge in [-0.05, 0) is 65.8 Å². The smallest absolute Gasteiger partial charge is 0.321 e. The molecule has 7 amide bonds. The van der Waals surface area contributed by atoms with Gasteiger partial charge < -0.3 is 67.5 Å². The van der Waals surface area contributed by atoms with Gasteiger partial charge in [-0.2, -0.15) is 0 Å². The predicted molar refractivity (Wildman–Crippen MR) is 323 cm³/mol. The van der Waals surface area contributed by atoms with Crippen molar-refractivity contribution in [2.45, 2.75) is 70.7 Å². The first kappa shape index (κ1) is 70.3. The third-order valence-electron chi connectivity index (χ3n) is 14.3. The number of ether oxygens (including phenoxy) is 2. The lowest BCUT2D eigenvalue weighted by Crippen LogP contribution is -2.50. The summed E-state index contributed by atoms with van der Waals surface area (Å²) in [6.07, 6.45) is 1.34. The fourth-order valence-corrected chi connectivity index (χ4v) is 9.61. The predicted octanol–water partition coefficient (Wildman–Crippen LogP) is -0.946. The second-order valence-corrected chi connectivity index (χ2v) is 21.1. The molecule has 0 bridgehead atoms. The third-order valence-corrected chi connectivity index (χ3v) is 14.3. The summed E-state index contributed by atoms with van der Waals surface area (Å²) in [5, 5.41) is 57.3. The zero-order valence-corrected chi connectivity index (χ0v) is 49.9. The van der Waals surface area contributed by atoms with E-state index in [1.54, 1.807) is 58.0 Å². The number of nitrogens with one attached hydrogen (secondary N) is 7. The third kappa shape index (κ3) is 27.5. The Hall–Kier alpha value is -8.48. The number of aromatic hydroxyl groups is 1. The van der Waals surface area contributed by atoms with Crippen molar-refractivity contribution in [3.63, 3.8) is 0 Å². The molecule has 2 aliphatic rings. The minimum Gasteiger partial charge on any atom is -0.508 e. The molecular formula is C59H86N14O15. The number of amides is 7. The fraction of sp³-hybridized carbons (Fsp3) is 0.525.